The Balaban J connectivity index is 1.29. The molecule has 12 heteroatoms. The summed E-state index contributed by atoms with van der Waals surface area (Å²) in [6.45, 7) is 2.26. The number of nitrogens with one attached hydrogen (secondary N) is 1. The van der Waals surface area contributed by atoms with Crippen molar-refractivity contribution in [1.82, 2.24) is 10.4 Å². The Morgan fingerprint density at radius 3 is 2.45 bits per heavy atom. The summed E-state index contributed by atoms with van der Waals surface area (Å²) in [5, 5.41) is 9.61. The van der Waals surface area contributed by atoms with Crippen LogP contribution in [-0.2, 0) is 26.6 Å². The highest BCUT2D eigenvalue weighted by molar-refractivity contribution is 14.3. The van der Waals surface area contributed by atoms with Gasteiger partial charge in [-0.2, -0.15) is 0 Å². The van der Waals surface area contributed by atoms with Gasteiger partial charge in [-0.1, -0.05) is 133 Å². The van der Waals surface area contributed by atoms with Crippen molar-refractivity contribution in [3.63, 3.8) is 0 Å². The van der Waals surface area contributed by atoms with Gasteiger partial charge >= 0.3 is 0 Å². The number of hydrogen-bond donors (Lipinski definition) is 1. The molecule has 1 N–H and O–H groups in total. The third kappa shape index (κ3) is 6.26. The molecule has 7 nitrogen and oxygen atoms in total. The second kappa shape index (κ2) is 12.2. The molecule has 5 rings (SSSR count). The van der Waals surface area contributed by atoms with Gasteiger partial charge in [0, 0.05) is 27.6 Å². The first-order chi connectivity index (χ1) is 19.0. The quantitative estimate of drug-likeness (QED) is 0.199. The normalized spacial score (nSPS) is 20.9. The average Bonchev–Trinajstić information content (AvgIpc) is 3.50. The van der Waals surface area contributed by atoms with Crippen LogP contribution in [0.5, 0.6) is 0 Å². The molecular weight excluding hydrogens is 894 g/mol. The standard InChI is InChI=1S/C28H22Cl2I3N3O4/c1-16-9-18(23-13-27(40-35-23,28(31,32)33)19-10-20(29)12-21(30)11-19)7-8-22(16)25(37)34-24-15-39-36(26(24)38)14-17-5-3-2-4-6-17/h2-12,24H,13-15H2,1H3,(H,34,37)/t24-,27?/m1/s1. The Labute approximate surface area is 282 Å². The van der Waals surface area contributed by atoms with Crippen LogP contribution < -0.4 is 5.32 Å². The zero-order valence-electron chi connectivity index (χ0n) is 21.0. The number of rotatable bonds is 7. The van der Waals surface area contributed by atoms with Crippen molar-refractivity contribution in [2.75, 3.05) is 6.61 Å². The molecule has 1 unspecified atom stereocenters. The topological polar surface area (TPSA) is 80.2 Å². The number of carbonyl (C=O) groups excluding carboxylic acids is 2. The fraction of sp³-hybridized carbons (Fsp3) is 0.250. The first-order valence-electron chi connectivity index (χ1n) is 12.2. The summed E-state index contributed by atoms with van der Waals surface area (Å²) >= 11 is 19.6. The van der Waals surface area contributed by atoms with Gasteiger partial charge in [-0.25, -0.2) is 5.06 Å². The Kier molecular flexibility index (Phi) is 9.22. The van der Waals surface area contributed by atoms with Gasteiger partial charge in [0.2, 0.25) is 5.60 Å². The third-order valence-corrected chi connectivity index (χ3v) is 9.78. The van der Waals surface area contributed by atoms with Crippen LogP contribution in [0.3, 0.4) is 0 Å². The van der Waals surface area contributed by atoms with E-state index in [9.17, 15) is 9.59 Å². The Bertz CT molecular complexity index is 1480. The van der Waals surface area contributed by atoms with Gasteiger partial charge in [0.05, 0.1) is 12.3 Å². The number of halogens is 5. The van der Waals surface area contributed by atoms with Gasteiger partial charge in [0.25, 0.3) is 11.8 Å². The van der Waals surface area contributed by atoms with E-state index in [2.05, 4.69) is 78.2 Å². The van der Waals surface area contributed by atoms with Crippen molar-refractivity contribution in [3.05, 3.63) is 105 Å². The van der Waals surface area contributed by atoms with Crippen molar-refractivity contribution >= 4 is 109 Å². The number of amides is 2. The molecule has 2 aliphatic heterocycles. The summed E-state index contributed by atoms with van der Waals surface area (Å²) in [5.41, 5.74) is 3.77. The molecule has 1 fully saturated rings. The molecule has 0 radical (unpaired) electrons. The number of nitrogens with zero attached hydrogens (tertiary/aromatic N) is 2. The molecule has 2 amide bonds. The summed E-state index contributed by atoms with van der Waals surface area (Å²) < 4.78 is -0.418. The molecule has 2 aliphatic rings. The molecule has 0 bridgehead atoms. The number of aryl methyl sites for hydroxylation is 1. The smallest absolute Gasteiger partial charge is 0.271 e. The van der Waals surface area contributed by atoms with Crippen molar-refractivity contribution in [2.45, 2.75) is 31.0 Å². The van der Waals surface area contributed by atoms with E-state index in [0.29, 0.717) is 28.6 Å². The van der Waals surface area contributed by atoms with Crippen LogP contribution in [0.2, 0.25) is 10.0 Å². The fourth-order valence-corrected chi connectivity index (χ4v) is 6.96. The lowest BCUT2D eigenvalue weighted by atomic mass is 9.88. The highest BCUT2D eigenvalue weighted by Gasteiger charge is 2.55. The van der Waals surface area contributed by atoms with Crippen LogP contribution in [-0.4, -0.2) is 34.7 Å². The molecule has 2 atom stereocenters. The Morgan fingerprint density at radius 2 is 1.80 bits per heavy atom. The fourth-order valence-electron chi connectivity index (χ4n) is 4.63. The van der Waals surface area contributed by atoms with Crippen molar-refractivity contribution in [3.8, 4) is 0 Å². The molecule has 3 aromatic carbocycles. The van der Waals surface area contributed by atoms with Crippen LogP contribution in [0, 0.1) is 6.92 Å². The van der Waals surface area contributed by atoms with E-state index in [1.165, 1.54) is 5.06 Å². The van der Waals surface area contributed by atoms with E-state index in [4.69, 9.17) is 32.9 Å². The summed E-state index contributed by atoms with van der Waals surface area (Å²) in [5.74, 6) is -0.618. The van der Waals surface area contributed by atoms with E-state index in [1.54, 1.807) is 12.1 Å². The van der Waals surface area contributed by atoms with Crippen LogP contribution in [0.1, 0.15) is 39.0 Å². The van der Waals surface area contributed by atoms with E-state index in [1.807, 2.05) is 61.5 Å². The maximum Gasteiger partial charge on any atom is 0.271 e. The second-order valence-corrected chi connectivity index (χ2v) is 21.4. The molecule has 40 heavy (non-hydrogen) atoms. The monoisotopic (exact) mass is 915 g/mol. The molecule has 0 aromatic heterocycles. The van der Waals surface area contributed by atoms with Crippen LogP contribution in [0.15, 0.2) is 71.9 Å². The molecule has 2 heterocycles. The highest BCUT2D eigenvalue weighted by Crippen LogP contribution is 2.57. The van der Waals surface area contributed by atoms with Crippen molar-refractivity contribution < 1.29 is 19.3 Å². The van der Waals surface area contributed by atoms with Crippen LogP contribution >= 0.6 is 91.0 Å². The lowest BCUT2D eigenvalue weighted by Crippen LogP contribution is -2.42. The number of carbonyl (C=O) groups is 2. The lowest BCUT2D eigenvalue weighted by molar-refractivity contribution is -0.164. The first kappa shape index (κ1) is 30.3. The highest BCUT2D eigenvalue weighted by atomic mass is 127. The SMILES string of the molecule is Cc1cc(C2=NOC(c3cc(Cl)cc(Cl)c3)(C(I)(I)I)C2)ccc1C(=O)N[C@@H]1CON(Cc2ccccc2)C1=O. The summed E-state index contributed by atoms with van der Waals surface area (Å²) in [6, 6.07) is 19.7. The Hall–Kier alpha value is -1.20. The predicted octanol–water partition coefficient (Wildman–Crippen LogP) is 7.35. The minimum absolute atomic E-state index is 0.0863. The van der Waals surface area contributed by atoms with Gasteiger partial charge < -0.3 is 10.2 Å². The second-order valence-electron chi connectivity index (χ2n) is 9.50. The molecule has 1 saturated heterocycles. The number of hydroxylamine groups is 2. The lowest BCUT2D eigenvalue weighted by Gasteiger charge is -2.35. The van der Waals surface area contributed by atoms with E-state index in [0.717, 1.165) is 28.0 Å². The number of hydrogen-bond acceptors (Lipinski definition) is 5. The number of alkyl halides is 3. The molecule has 0 aliphatic carbocycles. The molecule has 3 aromatic rings. The van der Waals surface area contributed by atoms with Crippen LogP contribution in [0.25, 0.3) is 0 Å². The number of oxime groups is 1. The van der Waals surface area contributed by atoms with Gasteiger partial charge in [0.1, 0.15) is 12.6 Å². The Morgan fingerprint density at radius 1 is 1.10 bits per heavy atom. The molecule has 0 spiro atoms. The maximum absolute atomic E-state index is 13.1. The summed E-state index contributed by atoms with van der Waals surface area (Å²) in [6.07, 6.45) is 0.481. The van der Waals surface area contributed by atoms with Gasteiger partial charge in [-0.15, -0.1) is 0 Å². The van der Waals surface area contributed by atoms with E-state index in [-0.39, 0.29) is 18.4 Å². The first-order valence-corrected chi connectivity index (χ1v) is 16.1. The molecule has 208 valence electrons. The van der Waals surface area contributed by atoms with Gasteiger partial charge in [-0.05, 0) is 53.9 Å². The minimum atomic E-state index is -0.809. The summed E-state index contributed by atoms with van der Waals surface area (Å²) in [7, 11) is 0. The average molecular weight is 916 g/mol. The third-order valence-electron chi connectivity index (χ3n) is 6.73. The van der Waals surface area contributed by atoms with Crippen LogP contribution in [0.4, 0.5) is 0 Å². The summed E-state index contributed by atoms with van der Waals surface area (Å²) in [4.78, 5) is 37.7. The van der Waals surface area contributed by atoms with Crippen molar-refractivity contribution in [2.24, 2.45) is 5.16 Å². The van der Waals surface area contributed by atoms with Gasteiger partial charge in [-0.3, -0.25) is 14.4 Å². The predicted molar refractivity (Wildman–Crippen MR) is 181 cm³/mol. The van der Waals surface area contributed by atoms with E-state index >= 15 is 0 Å². The zero-order valence-corrected chi connectivity index (χ0v) is 29.0. The minimum Gasteiger partial charge on any atom is -0.380 e. The zero-order chi connectivity index (χ0) is 28.7. The maximum atomic E-state index is 13.1. The molecular formula is C28H22Cl2I3N3O4. The largest absolute Gasteiger partial charge is 0.380 e. The van der Waals surface area contributed by atoms with Gasteiger partial charge in [0.15, 0.2) is -0.565 Å². The van der Waals surface area contributed by atoms with Crippen molar-refractivity contribution in [1.29, 1.82) is 0 Å². The number of benzene rings is 3. The van der Waals surface area contributed by atoms with E-state index < -0.39 is 11.1 Å². The molecule has 0 saturated carbocycles.